The molecule has 1 N–H and O–H groups in total. The molecule has 0 aliphatic rings. The normalized spacial score (nSPS) is 10.6. The van der Waals surface area contributed by atoms with Crippen LogP contribution in [0.4, 0.5) is 11.4 Å². The zero-order valence-electron chi connectivity index (χ0n) is 12.0. The Bertz CT molecular complexity index is 632. The summed E-state index contributed by atoms with van der Waals surface area (Å²) in [6.07, 6.45) is 0. The summed E-state index contributed by atoms with van der Waals surface area (Å²) in [7, 11) is 0. The lowest BCUT2D eigenvalue weighted by molar-refractivity contribution is -0.384. The molecule has 2 aromatic rings. The molecule has 1 aromatic heterocycles. The van der Waals surface area contributed by atoms with Crippen molar-refractivity contribution in [3.8, 4) is 0 Å². The molecule has 0 saturated carbocycles. The lowest BCUT2D eigenvalue weighted by Gasteiger charge is -2.08. The van der Waals surface area contributed by atoms with E-state index in [-0.39, 0.29) is 10.6 Å². The first kappa shape index (κ1) is 14.1. The number of hydrogen-bond donors (Lipinski definition) is 1. The standard InChI is InChI=1S/C15H19N3O2/c1-4-17-11(2)8-13(12(17)3)10-16-14-6-5-7-15(9-14)18(19)20/h5-9,16H,4,10H2,1-3H3. The van der Waals surface area contributed by atoms with E-state index in [1.165, 1.54) is 23.0 Å². The number of aryl methyl sites for hydroxylation is 1. The van der Waals surface area contributed by atoms with E-state index in [0.29, 0.717) is 6.54 Å². The van der Waals surface area contributed by atoms with Crippen molar-refractivity contribution in [2.75, 3.05) is 5.32 Å². The van der Waals surface area contributed by atoms with Crippen LogP contribution in [0.2, 0.25) is 0 Å². The number of non-ortho nitro benzene ring substituents is 1. The molecule has 0 aliphatic heterocycles. The van der Waals surface area contributed by atoms with Gasteiger partial charge in [-0.2, -0.15) is 0 Å². The zero-order chi connectivity index (χ0) is 14.7. The molecule has 0 amide bonds. The van der Waals surface area contributed by atoms with Gasteiger partial charge in [0.2, 0.25) is 0 Å². The van der Waals surface area contributed by atoms with E-state index in [1.54, 1.807) is 12.1 Å². The molecule has 0 fully saturated rings. The summed E-state index contributed by atoms with van der Waals surface area (Å²) >= 11 is 0. The average molecular weight is 273 g/mol. The number of rotatable bonds is 5. The van der Waals surface area contributed by atoms with Gasteiger partial charge >= 0.3 is 0 Å². The summed E-state index contributed by atoms with van der Waals surface area (Å²) in [6.45, 7) is 7.93. The van der Waals surface area contributed by atoms with E-state index >= 15 is 0 Å². The highest BCUT2D eigenvalue weighted by molar-refractivity contribution is 5.51. The number of nitrogens with zero attached hydrogens (tertiary/aromatic N) is 2. The SMILES string of the molecule is CCn1c(C)cc(CNc2cccc([N+](=O)[O-])c2)c1C. The fraction of sp³-hybridized carbons (Fsp3) is 0.333. The van der Waals surface area contributed by atoms with Gasteiger partial charge in [0.15, 0.2) is 0 Å². The van der Waals surface area contributed by atoms with Crippen LogP contribution in [0.5, 0.6) is 0 Å². The fourth-order valence-corrected chi connectivity index (χ4v) is 2.46. The highest BCUT2D eigenvalue weighted by Crippen LogP contribution is 2.20. The molecule has 5 nitrogen and oxygen atoms in total. The first-order chi connectivity index (χ1) is 9.52. The second-order valence-corrected chi connectivity index (χ2v) is 4.80. The Morgan fingerprint density at radius 2 is 2.05 bits per heavy atom. The van der Waals surface area contributed by atoms with Crippen molar-refractivity contribution in [1.29, 1.82) is 0 Å². The van der Waals surface area contributed by atoms with Gasteiger partial charge < -0.3 is 9.88 Å². The maximum atomic E-state index is 10.7. The Balaban J connectivity index is 2.13. The first-order valence-corrected chi connectivity index (χ1v) is 6.67. The van der Waals surface area contributed by atoms with Crippen LogP contribution in [0, 0.1) is 24.0 Å². The quantitative estimate of drug-likeness (QED) is 0.668. The summed E-state index contributed by atoms with van der Waals surface area (Å²) in [5.74, 6) is 0. The van der Waals surface area contributed by atoms with Crippen LogP contribution < -0.4 is 5.32 Å². The zero-order valence-corrected chi connectivity index (χ0v) is 12.0. The molecule has 1 heterocycles. The number of benzene rings is 1. The minimum absolute atomic E-state index is 0.106. The molecule has 0 aliphatic carbocycles. The van der Waals surface area contributed by atoms with Gasteiger partial charge in [-0.25, -0.2) is 0 Å². The van der Waals surface area contributed by atoms with Gasteiger partial charge in [-0.3, -0.25) is 10.1 Å². The van der Waals surface area contributed by atoms with Crippen LogP contribution in [-0.4, -0.2) is 9.49 Å². The van der Waals surface area contributed by atoms with Gasteiger partial charge in [-0.1, -0.05) is 6.07 Å². The molecular weight excluding hydrogens is 254 g/mol. The van der Waals surface area contributed by atoms with Crippen molar-refractivity contribution < 1.29 is 4.92 Å². The third-order valence-electron chi connectivity index (χ3n) is 3.53. The fourth-order valence-electron chi connectivity index (χ4n) is 2.46. The van der Waals surface area contributed by atoms with Crippen molar-refractivity contribution in [3.63, 3.8) is 0 Å². The summed E-state index contributed by atoms with van der Waals surface area (Å²) in [4.78, 5) is 10.4. The largest absolute Gasteiger partial charge is 0.381 e. The van der Waals surface area contributed by atoms with Gasteiger partial charge in [-0.15, -0.1) is 0 Å². The van der Waals surface area contributed by atoms with Gasteiger partial charge in [0.05, 0.1) is 4.92 Å². The van der Waals surface area contributed by atoms with Gasteiger partial charge in [0, 0.05) is 42.3 Å². The molecule has 0 unspecified atom stereocenters. The summed E-state index contributed by atoms with van der Waals surface area (Å²) < 4.78 is 2.25. The molecule has 106 valence electrons. The molecule has 2 rings (SSSR count). The van der Waals surface area contributed by atoms with E-state index in [2.05, 4.69) is 36.7 Å². The van der Waals surface area contributed by atoms with Crippen LogP contribution in [-0.2, 0) is 13.1 Å². The second kappa shape index (κ2) is 5.77. The summed E-state index contributed by atoms with van der Waals surface area (Å²) in [5, 5.41) is 14.0. The maximum absolute atomic E-state index is 10.7. The van der Waals surface area contributed by atoms with E-state index < -0.39 is 0 Å². The molecule has 0 radical (unpaired) electrons. The average Bonchev–Trinajstić information content (AvgIpc) is 2.71. The van der Waals surface area contributed by atoms with Crippen LogP contribution in [0.15, 0.2) is 30.3 Å². The van der Waals surface area contributed by atoms with E-state index in [9.17, 15) is 10.1 Å². The number of nitrogens with one attached hydrogen (secondary N) is 1. The third kappa shape index (κ3) is 2.82. The smallest absolute Gasteiger partial charge is 0.271 e. The Labute approximate surface area is 118 Å². The highest BCUT2D eigenvalue weighted by atomic mass is 16.6. The minimum Gasteiger partial charge on any atom is -0.381 e. The second-order valence-electron chi connectivity index (χ2n) is 4.80. The minimum atomic E-state index is -0.381. The van der Waals surface area contributed by atoms with Crippen molar-refractivity contribution in [1.82, 2.24) is 4.57 Å². The molecule has 5 heteroatoms. The van der Waals surface area contributed by atoms with E-state index in [1.807, 2.05) is 6.07 Å². The molecule has 1 aromatic carbocycles. The summed E-state index contributed by atoms with van der Waals surface area (Å²) in [6, 6.07) is 8.73. The van der Waals surface area contributed by atoms with Crippen LogP contribution in [0.3, 0.4) is 0 Å². The number of nitro groups is 1. The molecule has 0 saturated heterocycles. The number of hydrogen-bond acceptors (Lipinski definition) is 3. The third-order valence-corrected chi connectivity index (χ3v) is 3.53. The topological polar surface area (TPSA) is 60.1 Å². The Kier molecular flexibility index (Phi) is 4.08. The molecular formula is C15H19N3O2. The van der Waals surface area contributed by atoms with Gasteiger partial charge in [0.1, 0.15) is 0 Å². The van der Waals surface area contributed by atoms with E-state index in [4.69, 9.17) is 0 Å². The number of nitro benzene ring substituents is 1. The predicted octanol–water partition coefficient (Wildman–Crippen LogP) is 3.65. The van der Waals surface area contributed by atoms with Crippen molar-refractivity contribution in [2.24, 2.45) is 0 Å². The maximum Gasteiger partial charge on any atom is 0.271 e. The van der Waals surface area contributed by atoms with Crippen molar-refractivity contribution in [3.05, 3.63) is 57.4 Å². The predicted molar refractivity (Wildman–Crippen MR) is 80.0 cm³/mol. The Hall–Kier alpha value is -2.30. The van der Waals surface area contributed by atoms with Crippen LogP contribution in [0.25, 0.3) is 0 Å². The number of aromatic nitrogens is 1. The summed E-state index contributed by atoms with van der Waals surface area (Å²) in [5.41, 5.74) is 4.56. The Morgan fingerprint density at radius 3 is 2.65 bits per heavy atom. The molecule has 0 bridgehead atoms. The van der Waals surface area contributed by atoms with Gasteiger partial charge in [-0.05, 0) is 38.5 Å². The lowest BCUT2D eigenvalue weighted by Crippen LogP contribution is -2.03. The lowest BCUT2D eigenvalue weighted by atomic mass is 10.2. The first-order valence-electron chi connectivity index (χ1n) is 6.67. The monoisotopic (exact) mass is 273 g/mol. The number of anilines is 1. The van der Waals surface area contributed by atoms with Crippen LogP contribution >= 0.6 is 0 Å². The highest BCUT2D eigenvalue weighted by Gasteiger charge is 2.09. The molecule has 0 atom stereocenters. The molecule has 0 spiro atoms. The van der Waals surface area contributed by atoms with E-state index in [0.717, 1.165) is 12.2 Å². The van der Waals surface area contributed by atoms with Crippen molar-refractivity contribution in [2.45, 2.75) is 33.9 Å². The van der Waals surface area contributed by atoms with Crippen LogP contribution in [0.1, 0.15) is 23.9 Å². The van der Waals surface area contributed by atoms with Crippen molar-refractivity contribution >= 4 is 11.4 Å². The van der Waals surface area contributed by atoms with Gasteiger partial charge in [0.25, 0.3) is 5.69 Å². The molecule has 20 heavy (non-hydrogen) atoms. The Morgan fingerprint density at radius 1 is 1.30 bits per heavy atom.